The normalized spacial score (nSPS) is 18.4. The summed E-state index contributed by atoms with van der Waals surface area (Å²) in [6, 6.07) is 10.5. The lowest BCUT2D eigenvalue weighted by molar-refractivity contribution is 0.609. The predicted octanol–water partition coefficient (Wildman–Crippen LogP) is 2.89. The molecule has 0 radical (unpaired) electrons. The van der Waals surface area contributed by atoms with Gasteiger partial charge in [0.05, 0.1) is 0 Å². The first-order valence-electron chi connectivity index (χ1n) is 7.16. The fourth-order valence-electron chi connectivity index (χ4n) is 2.32. The zero-order valence-electron chi connectivity index (χ0n) is 11.7. The summed E-state index contributed by atoms with van der Waals surface area (Å²) in [6.07, 6.45) is 7.88. The van der Waals surface area contributed by atoms with Crippen LogP contribution in [0.2, 0.25) is 0 Å². The van der Waals surface area contributed by atoms with Crippen LogP contribution in [0.25, 0.3) is 0 Å². The Morgan fingerprint density at radius 3 is 2.53 bits per heavy atom. The maximum absolute atomic E-state index is 3.50. The second kappa shape index (κ2) is 7.93. The molecular weight excluding hydrogens is 232 g/mol. The molecule has 19 heavy (non-hydrogen) atoms. The Balaban J connectivity index is 1.53. The van der Waals surface area contributed by atoms with Crippen LogP contribution in [0.4, 0.5) is 0 Å². The smallest absolute Gasteiger partial charge is 0.0206 e. The molecule has 1 aromatic rings. The van der Waals surface area contributed by atoms with E-state index >= 15 is 0 Å². The van der Waals surface area contributed by atoms with E-state index in [1.807, 2.05) is 0 Å². The molecule has 0 bridgehead atoms. The molecule has 2 nitrogen and oxygen atoms in total. The van der Waals surface area contributed by atoms with Crippen molar-refractivity contribution in [1.29, 1.82) is 0 Å². The SMILES string of the molecule is CC1C=CC=C(CNCCNCc2ccccc2)C1. The van der Waals surface area contributed by atoms with Crippen molar-refractivity contribution in [2.45, 2.75) is 19.9 Å². The van der Waals surface area contributed by atoms with E-state index in [0.29, 0.717) is 5.92 Å². The predicted molar refractivity (Wildman–Crippen MR) is 82.0 cm³/mol. The van der Waals surface area contributed by atoms with Gasteiger partial charge in [0.25, 0.3) is 0 Å². The van der Waals surface area contributed by atoms with Gasteiger partial charge in [-0.05, 0) is 17.9 Å². The molecule has 102 valence electrons. The van der Waals surface area contributed by atoms with Gasteiger partial charge in [0, 0.05) is 26.2 Å². The van der Waals surface area contributed by atoms with Gasteiger partial charge in [-0.2, -0.15) is 0 Å². The molecular formula is C17H24N2. The van der Waals surface area contributed by atoms with Crippen LogP contribution in [0.5, 0.6) is 0 Å². The van der Waals surface area contributed by atoms with Crippen molar-refractivity contribution in [1.82, 2.24) is 10.6 Å². The van der Waals surface area contributed by atoms with E-state index in [9.17, 15) is 0 Å². The molecule has 1 aliphatic carbocycles. The zero-order valence-corrected chi connectivity index (χ0v) is 11.7. The molecule has 0 saturated heterocycles. The van der Waals surface area contributed by atoms with Crippen LogP contribution < -0.4 is 10.6 Å². The highest BCUT2D eigenvalue weighted by molar-refractivity contribution is 5.20. The van der Waals surface area contributed by atoms with Gasteiger partial charge in [-0.3, -0.25) is 0 Å². The van der Waals surface area contributed by atoms with E-state index in [4.69, 9.17) is 0 Å². The second-order valence-corrected chi connectivity index (χ2v) is 5.23. The molecule has 0 amide bonds. The van der Waals surface area contributed by atoms with Gasteiger partial charge in [0.15, 0.2) is 0 Å². The minimum Gasteiger partial charge on any atom is -0.312 e. The molecule has 1 unspecified atom stereocenters. The third kappa shape index (κ3) is 5.41. The van der Waals surface area contributed by atoms with Gasteiger partial charge in [-0.1, -0.05) is 61.1 Å². The summed E-state index contributed by atoms with van der Waals surface area (Å²) in [5.74, 6) is 0.693. The van der Waals surface area contributed by atoms with Crippen molar-refractivity contribution in [2.24, 2.45) is 5.92 Å². The standard InChI is InChI=1S/C17H24N2/c1-15-6-5-9-17(12-15)14-19-11-10-18-13-16-7-3-2-4-8-16/h2-9,15,18-19H,10-14H2,1H3. The number of rotatable bonds is 7. The van der Waals surface area contributed by atoms with Gasteiger partial charge in [0.1, 0.15) is 0 Å². The monoisotopic (exact) mass is 256 g/mol. The molecule has 0 heterocycles. The van der Waals surface area contributed by atoms with Crippen LogP contribution >= 0.6 is 0 Å². The van der Waals surface area contributed by atoms with E-state index < -0.39 is 0 Å². The summed E-state index contributed by atoms with van der Waals surface area (Å²) in [5, 5.41) is 6.95. The Morgan fingerprint density at radius 1 is 1.05 bits per heavy atom. The Morgan fingerprint density at radius 2 is 1.79 bits per heavy atom. The molecule has 1 aliphatic rings. The average Bonchev–Trinajstić information content (AvgIpc) is 2.44. The molecule has 0 aromatic heterocycles. The Labute approximate surface area is 116 Å². The largest absolute Gasteiger partial charge is 0.312 e. The zero-order chi connectivity index (χ0) is 13.3. The number of hydrogen-bond donors (Lipinski definition) is 2. The summed E-state index contributed by atoms with van der Waals surface area (Å²) < 4.78 is 0. The van der Waals surface area contributed by atoms with E-state index in [1.54, 1.807) is 0 Å². The first-order valence-corrected chi connectivity index (χ1v) is 7.16. The number of hydrogen-bond acceptors (Lipinski definition) is 2. The van der Waals surface area contributed by atoms with Crippen LogP contribution in [-0.4, -0.2) is 19.6 Å². The van der Waals surface area contributed by atoms with Gasteiger partial charge < -0.3 is 10.6 Å². The van der Waals surface area contributed by atoms with E-state index in [0.717, 1.165) is 26.2 Å². The van der Waals surface area contributed by atoms with Crippen molar-refractivity contribution < 1.29 is 0 Å². The quantitative estimate of drug-likeness (QED) is 0.733. The van der Waals surface area contributed by atoms with E-state index in [-0.39, 0.29) is 0 Å². The van der Waals surface area contributed by atoms with Crippen molar-refractivity contribution in [2.75, 3.05) is 19.6 Å². The topological polar surface area (TPSA) is 24.1 Å². The lowest BCUT2D eigenvalue weighted by Gasteiger charge is -2.15. The summed E-state index contributed by atoms with van der Waals surface area (Å²) in [5.41, 5.74) is 2.86. The van der Waals surface area contributed by atoms with E-state index in [2.05, 4.69) is 66.1 Å². The minimum absolute atomic E-state index is 0.693. The molecule has 0 saturated carbocycles. The average molecular weight is 256 g/mol. The molecule has 2 N–H and O–H groups in total. The maximum Gasteiger partial charge on any atom is 0.0206 e. The van der Waals surface area contributed by atoms with Gasteiger partial charge in [-0.25, -0.2) is 0 Å². The minimum atomic E-state index is 0.693. The fourth-order valence-corrected chi connectivity index (χ4v) is 2.32. The van der Waals surface area contributed by atoms with Crippen LogP contribution in [-0.2, 0) is 6.54 Å². The molecule has 1 atom stereocenters. The highest BCUT2D eigenvalue weighted by atomic mass is 14.9. The molecule has 0 spiro atoms. The first kappa shape index (κ1) is 14.0. The molecule has 0 aliphatic heterocycles. The maximum atomic E-state index is 3.50. The van der Waals surface area contributed by atoms with Gasteiger partial charge >= 0.3 is 0 Å². The summed E-state index contributed by atoms with van der Waals surface area (Å²) in [6.45, 7) is 6.26. The molecule has 1 aromatic carbocycles. The first-order chi connectivity index (χ1) is 9.34. The molecule has 2 rings (SSSR count). The Kier molecular flexibility index (Phi) is 5.86. The van der Waals surface area contributed by atoms with Crippen molar-refractivity contribution in [3.63, 3.8) is 0 Å². The van der Waals surface area contributed by atoms with Crippen LogP contribution in [0, 0.1) is 5.92 Å². The number of nitrogens with one attached hydrogen (secondary N) is 2. The molecule has 2 heteroatoms. The second-order valence-electron chi connectivity index (χ2n) is 5.23. The van der Waals surface area contributed by atoms with Crippen molar-refractivity contribution >= 4 is 0 Å². The van der Waals surface area contributed by atoms with Gasteiger partial charge in [-0.15, -0.1) is 0 Å². The van der Waals surface area contributed by atoms with Crippen molar-refractivity contribution in [3.05, 3.63) is 59.7 Å². The molecule has 0 fully saturated rings. The summed E-state index contributed by atoms with van der Waals surface area (Å²) >= 11 is 0. The summed E-state index contributed by atoms with van der Waals surface area (Å²) in [4.78, 5) is 0. The van der Waals surface area contributed by atoms with Crippen LogP contribution in [0.1, 0.15) is 18.9 Å². The van der Waals surface area contributed by atoms with Gasteiger partial charge in [0.2, 0.25) is 0 Å². The third-order valence-electron chi connectivity index (χ3n) is 3.36. The number of allylic oxidation sites excluding steroid dienone is 3. The van der Waals surface area contributed by atoms with Crippen LogP contribution in [0.3, 0.4) is 0 Å². The number of benzene rings is 1. The Bertz CT molecular complexity index is 420. The highest BCUT2D eigenvalue weighted by Crippen LogP contribution is 2.16. The van der Waals surface area contributed by atoms with E-state index in [1.165, 1.54) is 17.6 Å². The Hall–Kier alpha value is -1.38. The fraction of sp³-hybridized carbons (Fsp3) is 0.412. The van der Waals surface area contributed by atoms with Crippen LogP contribution in [0.15, 0.2) is 54.1 Å². The summed E-state index contributed by atoms with van der Waals surface area (Å²) in [7, 11) is 0. The third-order valence-corrected chi connectivity index (χ3v) is 3.36. The lowest BCUT2D eigenvalue weighted by atomic mass is 9.96. The lowest BCUT2D eigenvalue weighted by Crippen LogP contribution is -2.28. The highest BCUT2D eigenvalue weighted by Gasteiger charge is 2.05. The van der Waals surface area contributed by atoms with Crippen molar-refractivity contribution in [3.8, 4) is 0 Å².